The van der Waals surface area contributed by atoms with E-state index in [4.69, 9.17) is 5.73 Å². The molecule has 1 aliphatic carbocycles. The van der Waals surface area contributed by atoms with Crippen LogP contribution in [0.5, 0.6) is 0 Å². The number of aryl methyl sites for hydroxylation is 1. The molecule has 4 rings (SSSR count). The van der Waals surface area contributed by atoms with Crippen LogP contribution >= 0.6 is 0 Å². The van der Waals surface area contributed by atoms with Gasteiger partial charge in [0, 0.05) is 32.2 Å². The molecule has 1 fully saturated rings. The number of benzene rings is 1. The molecule has 6 N–H and O–H groups in total. The van der Waals surface area contributed by atoms with E-state index in [1.165, 1.54) is 10.7 Å². The first-order valence-electron chi connectivity index (χ1n) is 11.9. The van der Waals surface area contributed by atoms with Crippen LogP contribution < -0.4 is 26.6 Å². The number of aromatic nitrogens is 3. The molecule has 0 radical (unpaired) electrons. The summed E-state index contributed by atoms with van der Waals surface area (Å²) >= 11 is 0. The van der Waals surface area contributed by atoms with E-state index in [0.717, 1.165) is 18.9 Å². The van der Waals surface area contributed by atoms with Crippen LogP contribution in [-0.4, -0.2) is 58.1 Å². The van der Waals surface area contributed by atoms with Crippen LogP contribution in [0.3, 0.4) is 0 Å². The van der Waals surface area contributed by atoms with E-state index >= 15 is 8.78 Å². The Balaban J connectivity index is 1.73. The van der Waals surface area contributed by atoms with Crippen molar-refractivity contribution >= 4 is 46.0 Å². The lowest BCUT2D eigenvalue weighted by Crippen LogP contribution is -2.47. The van der Waals surface area contributed by atoms with Crippen molar-refractivity contribution < 1.29 is 23.5 Å². The van der Waals surface area contributed by atoms with Gasteiger partial charge in [-0.15, -0.1) is 0 Å². The number of carboxylic acid groups (broad SMARTS) is 1. The number of amides is 2. The Morgan fingerprint density at radius 3 is 2.49 bits per heavy atom. The van der Waals surface area contributed by atoms with Crippen molar-refractivity contribution in [2.45, 2.75) is 38.3 Å². The summed E-state index contributed by atoms with van der Waals surface area (Å²) in [5.74, 6) is -1.87. The van der Waals surface area contributed by atoms with Gasteiger partial charge in [0.15, 0.2) is 23.3 Å². The lowest BCUT2D eigenvalue weighted by atomic mass is 10.0. The third kappa shape index (κ3) is 5.34. The molecule has 2 amide bonds. The van der Waals surface area contributed by atoms with Gasteiger partial charge >= 0.3 is 6.09 Å². The topological polar surface area (TPSA) is 150 Å². The van der Waals surface area contributed by atoms with Crippen LogP contribution in [0.4, 0.5) is 36.7 Å². The normalized spacial score (nSPS) is 14.8. The minimum absolute atomic E-state index is 0.0702. The SMILES string of the molecule is CC[C@H](NC(=O)O)[C@@H](Nc1nc(Nc2cc(F)c3c(c2)c(N(C)C)nn3C)c(C(N)=O)cc1F)C1CC1. The zero-order valence-corrected chi connectivity index (χ0v) is 21.0. The van der Waals surface area contributed by atoms with Gasteiger partial charge in [0.25, 0.3) is 5.91 Å². The van der Waals surface area contributed by atoms with E-state index in [-0.39, 0.29) is 28.8 Å². The molecule has 0 bridgehead atoms. The molecule has 1 aliphatic rings. The minimum atomic E-state index is -1.18. The predicted molar refractivity (Wildman–Crippen MR) is 136 cm³/mol. The Morgan fingerprint density at radius 1 is 1.22 bits per heavy atom. The molecule has 1 saturated carbocycles. The molecular formula is C24H30F2N8O3. The van der Waals surface area contributed by atoms with Gasteiger partial charge in [-0.3, -0.25) is 9.48 Å². The largest absolute Gasteiger partial charge is 0.465 e. The molecule has 11 nitrogen and oxygen atoms in total. The quantitative estimate of drug-likeness (QED) is 0.275. The first-order chi connectivity index (χ1) is 17.5. The van der Waals surface area contributed by atoms with Crippen molar-refractivity contribution in [1.82, 2.24) is 20.1 Å². The molecule has 13 heteroatoms. The monoisotopic (exact) mass is 516 g/mol. The maximum absolute atomic E-state index is 15.0. The highest BCUT2D eigenvalue weighted by molar-refractivity contribution is 5.99. The highest BCUT2D eigenvalue weighted by atomic mass is 19.1. The van der Waals surface area contributed by atoms with Gasteiger partial charge in [0.2, 0.25) is 0 Å². The number of rotatable bonds is 10. The summed E-state index contributed by atoms with van der Waals surface area (Å²) in [5.41, 5.74) is 5.81. The number of nitrogens with one attached hydrogen (secondary N) is 3. The Labute approximate surface area is 212 Å². The number of pyridine rings is 1. The molecule has 0 spiro atoms. The van der Waals surface area contributed by atoms with Crippen LogP contribution in [0.25, 0.3) is 10.9 Å². The maximum Gasteiger partial charge on any atom is 0.404 e. The zero-order chi connectivity index (χ0) is 27.0. The second-order valence-corrected chi connectivity index (χ2v) is 9.37. The van der Waals surface area contributed by atoms with Crippen LogP contribution in [0.1, 0.15) is 36.5 Å². The second-order valence-electron chi connectivity index (χ2n) is 9.37. The van der Waals surface area contributed by atoms with Crippen molar-refractivity contribution in [3.05, 3.63) is 35.4 Å². The number of fused-ring (bicyclic) bond motifs is 1. The highest BCUT2D eigenvalue weighted by Gasteiger charge is 2.37. The highest BCUT2D eigenvalue weighted by Crippen LogP contribution is 2.37. The fraction of sp³-hybridized carbons (Fsp3) is 0.417. The molecule has 3 aromatic rings. The van der Waals surface area contributed by atoms with Gasteiger partial charge in [-0.1, -0.05) is 6.92 Å². The number of carbonyl (C=O) groups excluding carboxylic acids is 1. The number of primary amides is 1. The van der Waals surface area contributed by atoms with E-state index < -0.39 is 35.7 Å². The van der Waals surface area contributed by atoms with Gasteiger partial charge in [-0.2, -0.15) is 5.10 Å². The van der Waals surface area contributed by atoms with E-state index in [1.807, 2.05) is 6.92 Å². The Hall–Kier alpha value is -4.16. The van der Waals surface area contributed by atoms with Crippen LogP contribution in [0, 0.1) is 17.6 Å². The van der Waals surface area contributed by atoms with E-state index in [0.29, 0.717) is 23.1 Å². The summed E-state index contributed by atoms with van der Waals surface area (Å²) in [6.45, 7) is 1.83. The molecule has 0 aliphatic heterocycles. The Morgan fingerprint density at radius 2 is 1.92 bits per heavy atom. The van der Waals surface area contributed by atoms with E-state index in [9.17, 15) is 14.7 Å². The molecular weight excluding hydrogens is 486 g/mol. The number of halogens is 2. The molecule has 2 atom stereocenters. The van der Waals surface area contributed by atoms with Gasteiger partial charge in [0.1, 0.15) is 11.3 Å². The summed E-state index contributed by atoms with van der Waals surface area (Å²) in [6, 6.07) is 2.94. The Kier molecular flexibility index (Phi) is 7.05. The fourth-order valence-electron chi connectivity index (χ4n) is 4.52. The zero-order valence-electron chi connectivity index (χ0n) is 21.0. The first-order valence-corrected chi connectivity index (χ1v) is 11.9. The van der Waals surface area contributed by atoms with Crippen molar-refractivity contribution in [1.29, 1.82) is 0 Å². The molecule has 0 saturated heterocycles. The number of nitrogens with two attached hydrogens (primary N) is 1. The van der Waals surface area contributed by atoms with Crippen LogP contribution in [-0.2, 0) is 7.05 Å². The molecule has 37 heavy (non-hydrogen) atoms. The van der Waals surface area contributed by atoms with Crippen molar-refractivity contribution in [3.8, 4) is 0 Å². The van der Waals surface area contributed by atoms with Crippen molar-refractivity contribution in [2.24, 2.45) is 18.7 Å². The lowest BCUT2D eigenvalue weighted by Gasteiger charge is -2.28. The summed E-state index contributed by atoms with van der Waals surface area (Å²) in [6.07, 6.45) is 1.02. The smallest absolute Gasteiger partial charge is 0.404 e. The minimum Gasteiger partial charge on any atom is -0.465 e. The molecule has 0 unspecified atom stereocenters. The standard InChI is InChI=1S/C24H30F2N8O3/c1-5-17(29-24(36)37)18(11-6-7-11)30-22-16(26)10-14(20(27)35)21(31-22)28-12-8-13-19(15(25)9-12)34(4)32-23(13)33(2)3/h8-11,17-18,29H,5-7H2,1-4H3,(H2,27,35)(H,36,37)(H2,28,30,31)/t17-,18-/m0/s1. The van der Waals surface area contributed by atoms with Gasteiger partial charge < -0.3 is 31.7 Å². The van der Waals surface area contributed by atoms with Gasteiger partial charge in [-0.25, -0.2) is 18.6 Å². The number of hydrogen-bond acceptors (Lipinski definition) is 7. The number of carbonyl (C=O) groups is 2. The average molecular weight is 517 g/mol. The van der Waals surface area contributed by atoms with Crippen molar-refractivity contribution in [3.63, 3.8) is 0 Å². The van der Waals surface area contributed by atoms with Gasteiger partial charge in [-0.05, 0) is 43.4 Å². The number of nitrogens with zero attached hydrogens (tertiary/aromatic N) is 4. The number of hydrogen-bond donors (Lipinski definition) is 5. The summed E-state index contributed by atoms with van der Waals surface area (Å²) in [5, 5.41) is 22.5. The molecule has 2 heterocycles. The van der Waals surface area contributed by atoms with E-state index in [2.05, 4.69) is 26.0 Å². The molecule has 198 valence electrons. The predicted octanol–water partition coefficient (Wildman–Crippen LogP) is 3.39. The summed E-state index contributed by atoms with van der Waals surface area (Å²) in [7, 11) is 5.20. The lowest BCUT2D eigenvalue weighted by molar-refractivity contribution is 0.1000. The third-order valence-electron chi connectivity index (χ3n) is 6.42. The van der Waals surface area contributed by atoms with E-state index in [1.54, 1.807) is 32.1 Å². The number of anilines is 4. The Bertz CT molecular complexity index is 1360. The van der Waals surface area contributed by atoms with Gasteiger partial charge in [0.05, 0.1) is 17.6 Å². The second kappa shape index (κ2) is 10.1. The first kappa shape index (κ1) is 25.9. The summed E-state index contributed by atoms with van der Waals surface area (Å²) < 4.78 is 31.5. The van der Waals surface area contributed by atoms with Crippen molar-refractivity contribution in [2.75, 3.05) is 29.6 Å². The molecule has 2 aromatic heterocycles. The average Bonchev–Trinajstić information content (AvgIpc) is 3.59. The maximum atomic E-state index is 15.0. The van der Waals surface area contributed by atoms with Crippen LogP contribution in [0.15, 0.2) is 18.2 Å². The van der Waals surface area contributed by atoms with Crippen LogP contribution in [0.2, 0.25) is 0 Å². The molecule has 1 aromatic carbocycles. The summed E-state index contributed by atoms with van der Waals surface area (Å²) in [4.78, 5) is 29.4. The fourth-order valence-corrected chi connectivity index (χ4v) is 4.52. The third-order valence-corrected chi connectivity index (χ3v) is 6.42.